The highest BCUT2D eigenvalue weighted by atomic mass is 32.1. The minimum absolute atomic E-state index is 0.109. The molecule has 2 aromatic heterocycles. The number of amides is 1. The summed E-state index contributed by atoms with van der Waals surface area (Å²) in [5.41, 5.74) is 8.10. The molecule has 3 atom stereocenters. The lowest BCUT2D eigenvalue weighted by Gasteiger charge is -2.43. The molecule has 0 spiro atoms. The Morgan fingerprint density at radius 1 is 1.20 bits per heavy atom. The van der Waals surface area contributed by atoms with Crippen molar-refractivity contribution in [1.82, 2.24) is 14.3 Å². The number of nitrogens with zero attached hydrogens (tertiary/aromatic N) is 3. The highest BCUT2D eigenvalue weighted by Crippen LogP contribution is 2.42. The number of aliphatic hydroxyl groups is 1. The molecule has 1 aromatic carbocycles. The molecule has 158 valence electrons. The van der Waals surface area contributed by atoms with Gasteiger partial charge in [-0.05, 0) is 37.7 Å². The lowest BCUT2D eigenvalue weighted by Crippen LogP contribution is -2.50. The van der Waals surface area contributed by atoms with Crippen LogP contribution in [0.4, 0.5) is 0 Å². The van der Waals surface area contributed by atoms with E-state index in [-0.39, 0.29) is 23.3 Å². The van der Waals surface area contributed by atoms with Crippen LogP contribution in [-0.4, -0.2) is 50.5 Å². The summed E-state index contributed by atoms with van der Waals surface area (Å²) in [4.78, 5) is 21.1. The maximum absolute atomic E-state index is 13.1. The first-order valence-corrected chi connectivity index (χ1v) is 11.7. The average molecular weight is 425 g/mol. The lowest BCUT2D eigenvalue weighted by molar-refractivity contribution is -0.139. The molecule has 0 radical (unpaired) electrons. The molecule has 3 N–H and O–H groups in total. The summed E-state index contributed by atoms with van der Waals surface area (Å²) in [6, 6.07) is 10.4. The van der Waals surface area contributed by atoms with E-state index in [0.717, 1.165) is 29.9 Å². The van der Waals surface area contributed by atoms with Crippen LogP contribution in [0.1, 0.15) is 43.4 Å². The Kier molecular flexibility index (Phi) is 5.13. The number of fused-ring (bicyclic) bond motifs is 1. The largest absolute Gasteiger partial charge is 0.391 e. The Morgan fingerprint density at radius 2 is 1.97 bits per heavy atom. The van der Waals surface area contributed by atoms with E-state index in [1.165, 1.54) is 5.56 Å². The number of thiazole rings is 1. The second-order valence-corrected chi connectivity index (χ2v) is 9.61. The van der Waals surface area contributed by atoms with Gasteiger partial charge in [0.2, 0.25) is 5.91 Å². The Hall–Kier alpha value is -2.22. The van der Waals surface area contributed by atoms with Crippen molar-refractivity contribution in [2.24, 2.45) is 11.7 Å². The van der Waals surface area contributed by atoms with Crippen LogP contribution >= 0.6 is 11.3 Å². The summed E-state index contributed by atoms with van der Waals surface area (Å²) in [6.07, 6.45) is 7.30. The van der Waals surface area contributed by atoms with E-state index in [1.54, 1.807) is 11.3 Å². The minimum Gasteiger partial charge on any atom is -0.391 e. The van der Waals surface area contributed by atoms with Crippen molar-refractivity contribution in [3.63, 3.8) is 0 Å². The minimum atomic E-state index is -0.570. The van der Waals surface area contributed by atoms with Crippen molar-refractivity contribution >= 4 is 22.2 Å². The normalized spacial score (nSPS) is 26.7. The van der Waals surface area contributed by atoms with Crippen LogP contribution in [0.2, 0.25) is 0 Å². The highest BCUT2D eigenvalue weighted by Gasteiger charge is 2.42. The second kappa shape index (κ2) is 7.80. The Bertz CT molecular complexity index is 994. The van der Waals surface area contributed by atoms with Crippen molar-refractivity contribution in [3.05, 3.63) is 59.4 Å². The molecular weight excluding hydrogens is 396 g/mol. The molecule has 1 saturated carbocycles. The van der Waals surface area contributed by atoms with Gasteiger partial charge in [0.15, 0.2) is 4.96 Å². The predicted octanol–water partition coefficient (Wildman–Crippen LogP) is 2.79. The molecule has 1 amide bonds. The van der Waals surface area contributed by atoms with Crippen molar-refractivity contribution < 1.29 is 9.90 Å². The summed E-state index contributed by atoms with van der Waals surface area (Å²) < 4.78 is 2.09. The number of carbonyl (C=O) groups is 1. The van der Waals surface area contributed by atoms with Crippen LogP contribution in [0.3, 0.4) is 0 Å². The number of benzene rings is 1. The number of hydrogen-bond acceptors (Lipinski definition) is 5. The molecule has 7 heteroatoms. The molecule has 3 aromatic rings. The van der Waals surface area contributed by atoms with E-state index in [9.17, 15) is 9.90 Å². The van der Waals surface area contributed by atoms with Crippen LogP contribution in [0.25, 0.3) is 4.96 Å². The highest BCUT2D eigenvalue weighted by molar-refractivity contribution is 7.15. The second-order valence-electron chi connectivity index (χ2n) is 8.73. The van der Waals surface area contributed by atoms with Gasteiger partial charge in [0.05, 0.1) is 11.8 Å². The molecule has 2 aliphatic rings. The first kappa shape index (κ1) is 19.7. The maximum Gasteiger partial charge on any atom is 0.225 e. The van der Waals surface area contributed by atoms with Gasteiger partial charge < -0.3 is 15.7 Å². The third-order valence-electron chi connectivity index (χ3n) is 7.06. The van der Waals surface area contributed by atoms with Gasteiger partial charge in [0, 0.05) is 48.2 Å². The summed E-state index contributed by atoms with van der Waals surface area (Å²) in [6.45, 7) is 1.41. The molecule has 1 saturated heterocycles. The third-order valence-corrected chi connectivity index (χ3v) is 7.83. The van der Waals surface area contributed by atoms with Gasteiger partial charge in [0.1, 0.15) is 0 Å². The molecule has 30 heavy (non-hydrogen) atoms. The quantitative estimate of drug-likeness (QED) is 0.677. The number of imidazole rings is 1. The van der Waals surface area contributed by atoms with Crippen LogP contribution in [0.5, 0.6) is 0 Å². The van der Waals surface area contributed by atoms with Crippen molar-refractivity contribution in [1.29, 1.82) is 0 Å². The van der Waals surface area contributed by atoms with Gasteiger partial charge in [-0.2, -0.15) is 0 Å². The van der Waals surface area contributed by atoms with E-state index in [0.29, 0.717) is 25.9 Å². The van der Waals surface area contributed by atoms with E-state index < -0.39 is 6.10 Å². The number of rotatable bonds is 3. The van der Waals surface area contributed by atoms with Crippen LogP contribution in [0, 0.1) is 5.92 Å². The van der Waals surface area contributed by atoms with Gasteiger partial charge in [-0.25, -0.2) is 4.98 Å². The molecule has 2 fully saturated rings. The van der Waals surface area contributed by atoms with E-state index >= 15 is 0 Å². The number of aromatic nitrogens is 2. The fourth-order valence-corrected chi connectivity index (χ4v) is 5.87. The number of aliphatic hydroxyl groups excluding tert-OH is 1. The van der Waals surface area contributed by atoms with Gasteiger partial charge in [-0.1, -0.05) is 30.3 Å². The van der Waals surface area contributed by atoms with Crippen molar-refractivity contribution in [3.8, 4) is 0 Å². The molecule has 0 unspecified atom stereocenters. The monoisotopic (exact) mass is 424 g/mol. The summed E-state index contributed by atoms with van der Waals surface area (Å²) in [5, 5.41) is 12.2. The molecule has 5 rings (SSSR count). The zero-order valence-corrected chi connectivity index (χ0v) is 17.8. The molecule has 1 aliphatic heterocycles. The maximum atomic E-state index is 13.1. The zero-order valence-electron chi connectivity index (χ0n) is 17.0. The SMILES string of the molecule is N[C@H]1CC[C@H](C(=O)N2CCC(c3ccccc3)(c3cn4ccsc4n3)CC2)C[C@@H]1O. The first-order chi connectivity index (χ1) is 14.6. The summed E-state index contributed by atoms with van der Waals surface area (Å²) in [7, 11) is 0. The third kappa shape index (κ3) is 3.35. The van der Waals surface area contributed by atoms with E-state index in [1.807, 2.05) is 22.5 Å². The smallest absolute Gasteiger partial charge is 0.225 e. The van der Waals surface area contributed by atoms with E-state index in [2.05, 4.69) is 34.9 Å². The standard InChI is InChI=1S/C23H28N4O2S/c24-18-7-6-16(14-19(18)28)21(29)26-10-8-23(9-11-26,17-4-2-1-3-5-17)20-15-27-12-13-30-22(27)25-20/h1-5,12-13,15-16,18-19,28H,6-11,14,24H2/t16-,18-,19-/m0/s1. The first-order valence-electron chi connectivity index (χ1n) is 10.8. The van der Waals surface area contributed by atoms with E-state index in [4.69, 9.17) is 10.7 Å². The Balaban J connectivity index is 1.39. The van der Waals surface area contributed by atoms with Crippen LogP contribution in [-0.2, 0) is 10.2 Å². The van der Waals surface area contributed by atoms with Crippen molar-refractivity contribution in [2.75, 3.05) is 13.1 Å². The molecular formula is C23H28N4O2S. The van der Waals surface area contributed by atoms with Crippen LogP contribution < -0.4 is 5.73 Å². The van der Waals surface area contributed by atoms with Gasteiger partial charge in [-0.3, -0.25) is 9.20 Å². The average Bonchev–Trinajstić information content (AvgIpc) is 3.39. The summed E-state index contributed by atoms with van der Waals surface area (Å²) >= 11 is 1.64. The van der Waals surface area contributed by atoms with Crippen molar-refractivity contribution in [2.45, 2.75) is 49.7 Å². The van der Waals surface area contributed by atoms with Crippen LogP contribution in [0.15, 0.2) is 48.1 Å². The topological polar surface area (TPSA) is 83.9 Å². The fourth-order valence-electron chi connectivity index (χ4n) is 5.17. The molecule has 1 aliphatic carbocycles. The number of piperidine rings is 1. The van der Waals surface area contributed by atoms with Gasteiger partial charge in [0.25, 0.3) is 0 Å². The lowest BCUT2D eigenvalue weighted by atomic mass is 9.70. The Labute approximate surface area is 180 Å². The number of carbonyl (C=O) groups excluding carboxylic acids is 1. The summed E-state index contributed by atoms with van der Waals surface area (Å²) in [5.74, 6) is 0.0652. The number of hydrogen-bond donors (Lipinski definition) is 2. The fraction of sp³-hybridized carbons (Fsp3) is 0.478. The predicted molar refractivity (Wildman–Crippen MR) is 117 cm³/mol. The number of nitrogens with two attached hydrogens (primary N) is 1. The molecule has 6 nitrogen and oxygen atoms in total. The molecule has 3 heterocycles. The van der Waals surface area contributed by atoms with Gasteiger partial charge >= 0.3 is 0 Å². The number of likely N-dealkylation sites (tertiary alicyclic amines) is 1. The Morgan fingerprint density at radius 3 is 2.67 bits per heavy atom. The zero-order chi connectivity index (χ0) is 20.7. The molecule has 0 bridgehead atoms. The van der Waals surface area contributed by atoms with Gasteiger partial charge in [-0.15, -0.1) is 11.3 Å².